The van der Waals surface area contributed by atoms with Crippen molar-refractivity contribution >= 4 is 63.8 Å². The van der Waals surface area contributed by atoms with Crippen LogP contribution in [-0.2, 0) is 4.57 Å². The van der Waals surface area contributed by atoms with Gasteiger partial charge in [0.15, 0.2) is 5.82 Å². The largest absolute Gasteiger partial charge is 0.338 e. The molecule has 0 fully saturated rings. The molecule has 0 unspecified atom stereocenters. The first-order valence-corrected chi connectivity index (χ1v) is 12.6. The summed E-state index contributed by atoms with van der Waals surface area (Å²) in [7, 11) is -2.74. The fraction of sp³-hybridized carbons (Fsp3) is 0.0952. The highest BCUT2D eigenvalue weighted by Gasteiger charge is 2.21. The van der Waals surface area contributed by atoms with Crippen molar-refractivity contribution < 1.29 is 13.9 Å². The van der Waals surface area contributed by atoms with Gasteiger partial charge >= 0.3 is 5.69 Å². The van der Waals surface area contributed by atoms with E-state index in [1.807, 2.05) is 6.07 Å². The third-order valence-electron chi connectivity index (χ3n) is 4.69. The Morgan fingerprint density at radius 2 is 1.91 bits per heavy atom. The number of pyridine rings is 1. The van der Waals surface area contributed by atoms with Crippen LogP contribution >= 0.6 is 18.7 Å². The number of nitrogens with one attached hydrogen (secondary N) is 2. The number of nitrogens with zero attached hydrogens (tertiary/aromatic N) is 4. The normalized spacial score (nSPS) is 11.4. The number of hydrogen-bond donors (Lipinski definition) is 2. The van der Waals surface area contributed by atoms with E-state index in [4.69, 9.17) is 11.6 Å². The summed E-state index contributed by atoms with van der Waals surface area (Å²) in [5.41, 5.74) is 0.799. The summed E-state index contributed by atoms with van der Waals surface area (Å²) in [6.45, 7) is 3.33. The molecule has 0 bridgehead atoms. The van der Waals surface area contributed by atoms with Crippen LogP contribution in [-0.4, -0.2) is 33.2 Å². The van der Waals surface area contributed by atoms with Crippen LogP contribution in [0.1, 0.15) is 0 Å². The van der Waals surface area contributed by atoms with Crippen molar-refractivity contribution in [2.24, 2.45) is 0 Å². The van der Waals surface area contributed by atoms with E-state index in [1.165, 1.54) is 12.3 Å². The van der Waals surface area contributed by atoms with Gasteiger partial charge in [-0.2, -0.15) is 9.37 Å². The minimum absolute atomic E-state index is 0.0722. The highest BCUT2D eigenvalue weighted by atomic mass is 35.5. The molecule has 4 rings (SSSR count). The average Bonchev–Trinajstić information content (AvgIpc) is 2.76. The minimum Gasteiger partial charge on any atom is -0.338 e. The maximum Gasteiger partial charge on any atom is 0.306 e. The van der Waals surface area contributed by atoms with E-state index in [-0.39, 0.29) is 22.5 Å². The zero-order valence-electron chi connectivity index (χ0n) is 17.4. The molecule has 0 amide bonds. The van der Waals surface area contributed by atoms with E-state index in [1.54, 1.807) is 37.7 Å². The van der Waals surface area contributed by atoms with Crippen LogP contribution in [0.3, 0.4) is 0 Å². The van der Waals surface area contributed by atoms with Crippen LogP contribution in [0.15, 0.2) is 54.9 Å². The number of rotatable bonds is 6. The quantitative estimate of drug-likeness (QED) is 0.209. The van der Waals surface area contributed by atoms with Gasteiger partial charge in [0.05, 0.1) is 22.3 Å². The number of benzene rings is 2. The van der Waals surface area contributed by atoms with Gasteiger partial charge in [0.1, 0.15) is 12.2 Å². The van der Waals surface area contributed by atoms with Crippen LogP contribution in [0.4, 0.5) is 33.2 Å². The van der Waals surface area contributed by atoms with Crippen molar-refractivity contribution in [3.8, 4) is 0 Å². The smallest absolute Gasteiger partial charge is 0.306 e. The van der Waals surface area contributed by atoms with E-state index in [0.29, 0.717) is 16.5 Å². The number of nitro groups is 1. The molecule has 2 N–H and O–H groups in total. The standard InChI is InChI=1S/C21H17ClFN6O3P/c1-33(2,32)19-13-4-3-9-24-16(13)7-8-17(19)27-20-14(22)11-25-21(28-20)26-12-5-6-15(23)18(10-12)29(30)31/h3-11H,1-2H3,(H2,25,26,27,28). The molecule has 33 heavy (non-hydrogen) atoms. The van der Waals surface area contributed by atoms with Gasteiger partial charge in [0.25, 0.3) is 0 Å². The Bertz CT molecular complexity index is 1450. The van der Waals surface area contributed by atoms with Gasteiger partial charge in [0.2, 0.25) is 11.8 Å². The maximum absolute atomic E-state index is 13.6. The summed E-state index contributed by atoms with van der Waals surface area (Å²) in [6.07, 6.45) is 3.01. The summed E-state index contributed by atoms with van der Waals surface area (Å²) in [6, 6.07) is 10.5. The van der Waals surface area contributed by atoms with Crippen molar-refractivity contribution in [3.63, 3.8) is 0 Å². The molecule has 0 saturated heterocycles. The second-order valence-corrected chi connectivity index (χ2v) is 11.0. The molecule has 0 saturated carbocycles. The second kappa shape index (κ2) is 8.73. The van der Waals surface area contributed by atoms with Gasteiger partial charge in [0, 0.05) is 28.6 Å². The van der Waals surface area contributed by atoms with Crippen molar-refractivity contribution in [3.05, 3.63) is 75.8 Å². The lowest BCUT2D eigenvalue weighted by Gasteiger charge is -2.18. The van der Waals surface area contributed by atoms with E-state index >= 15 is 0 Å². The van der Waals surface area contributed by atoms with Crippen molar-refractivity contribution in [1.82, 2.24) is 15.0 Å². The summed E-state index contributed by atoms with van der Waals surface area (Å²) in [4.78, 5) is 22.9. The van der Waals surface area contributed by atoms with Gasteiger partial charge in [-0.25, -0.2) is 4.98 Å². The number of anilines is 4. The Balaban J connectivity index is 1.72. The van der Waals surface area contributed by atoms with Gasteiger partial charge in [-0.15, -0.1) is 0 Å². The van der Waals surface area contributed by atoms with E-state index in [0.717, 1.165) is 17.5 Å². The van der Waals surface area contributed by atoms with E-state index in [2.05, 4.69) is 25.6 Å². The summed E-state index contributed by atoms with van der Waals surface area (Å²) in [5, 5.41) is 18.4. The van der Waals surface area contributed by atoms with Crippen LogP contribution < -0.4 is 15.9 Å². The lowest BCUT2D eigenvalue weighted by molar-refractivity contribution is -0.387. The molecule has 9 nitrogen and oxygen atoms in total. The summed E-state index contributed by atoms with van der Waals surface area (Å²) < 4.78 is 26.7. The molecular weight excluding hydrogens is 470 g/mol. The average molecular weight is 487 g/mol. The maximum atomic E-state index is 13.6. The molecule has 0 aliphatic rings. The Morgan fingerprint density at radius 1 is 1.12 bits per heavy atom. The lowest BCUT2D eigenvalue weighted by atomic mass is 10.2. The molecule has 168 valence electrons. The van der Waals surface area contributed by atoms with E-state index in [9.17, 15) is 19.1 Å². The fourth-order valence-corrected chi connectivity index (χ4v) is 4.94. The molecule has 0 radical (unpaired) electrons. The predicted octanol–water partition coefficient (Wildman–Crippen LogP) is 5.46. The van der Waals surface area contributed by atoms with Gasteiger partial charge in [-0.05, 0) is 43.7 Å². The Labute approximate surface area is 192 Å². The van der Waals surface area contributed by atoms with Crippen LogP contribution in [0, 0.1) is 15.9 Å². The van der Waals surface area contributed by atoms with Crippen LogP contribution in [0.2, 0.25) is 5.02 Å². The minimum atomic E-state index is -2.74. The van der Waals surface area contributed by atoms with Gasteiger partial charge in [-0.1, -0.05) is 17.7 Å². The molecule has 0 atom stereocenters. The molecule has 2 aromatic carbocycles. The SMILES string of the molecule is CP(C)(=O)c1c(Nc2nc(Nc3ccc(F)c([N+](=O)[O-])c3)ncc2Cl)ccc2ncccc12. The Morgan fingerprint density at radius 3 is 2.64 bits per heavy atom. The zero-order chi connectivity index (χ0) is 23.8. The highest BCUT2D eigenvalue weighted by Crippen LogP contribution is 2.41. The van der Waals surface area contributed by atoms with Crippen molar-refractivity contribution in [2.75, 3.05) is 24.0 Å². The number of hydrogen-bond acceptors (Lipinski definition) is 8. The molecule has 0 spiro atoms. The summed E-state index contributed by atoms with van der Waals surface area (Å²) in [5.74, 6) is -0.654. The number of fused-ring (bicyclic) bond motifs is 1. The highest BCUT2D eigenvalue weighted by molar-refractivity contribution is 7.71. The number of aromatic nitrogens is 3. The Hall–Kier alpha value is -3.62. The molecule has 2 heterocycles. The van der Waals surface area contributed by atoms with Crippen molar-refractivity contribution in [1.29, 1.82) is 0 Å². The third-order valence-corrected chi connectivity index (χ3v) is 6.53. The van der Waals surface area contributed by atoms with Gasteiger partial charge in [-0.3, -0.25) is 15.1 Å². The van der Waals surface area contributed by atoms with Crippen molar-refractivity contribution in [2.45, 2.75) is 0 Å². The monoisotopic (exact) mass is 486 g/mol. The fourth-order valence-electron chi connectivity index (χ4n) is 3.32. The molecular formula is C21H17ClFN6O3P. The predicted molar refractivity (Wildman–Crippen MR) is 127 cm³/mol. The first-order chi connectivity index (χ1) is 15.6. The first-order valence-electron chi connectivity index (χ1n) is 9.57. The molecule has 4 aromatic rings. The van der Waals surface area contributed by atoms with Crippen LogP contribution in [0.25, 0.3) is 10.9 Å². The molecule has 0 aliphatic carbocycles. The number of halogens is 2. The Kier molecular flexibility index (Phi) is 5.97. The van der Waals surface area contributed by atoms with Crippen LogP contribution in [0.5, 0.6) is 0 Å². The second-order valence-electron chi connectivity index (χ2n) is 7.45. The molecule has 0 aliphatic heterocycles. The number of nitro benzene ring substituents is 1. The molecule has 12 heteroatoms. The third kappa shape index (κ3) is 4.76. The first kappa shape index (κ1) is 22.6. The van der Waals surface area contributed by atoms with E-state index < -0.39 is 23.6 Å². The lowest BCUT2D eigenvalue weighted by Crippen LogP contribution is -2.13. The molecule has 2 aromatic heterocycles. The van der Waals surface area contributed by atoms with Gasteiger partial charge < -0.3 is 15.2 Å². The zero-order valence-corrected chi connectivity index (χ0v) is 19.1. The summed E-state index contributed by atoms with van der Waals surface area (Å²) >= 11 is 6.29. The topological polar surface area (TPSA) is 123 Å².